The van der Waals surface area contributed by atoms with Crippen LogP contribution in [0.15, 0.2) is 24.4 Å². The lowest BCUT2D eigenvalue weighted by Gasteiger charge is -2.06. The molecule has 2 aromatic heterocycles. The third-order valence-electron chi connectivity index (χ3n) is 2.50. The van der Waals surface area contributed by atoms with Crippen LogP contribution in [0.2, 0.25) is 0 Å². The molecule has 0 aliphatic rings. The highest BCUT2D eigenvalue weighted by Gasteiger charge is 2.07. The summed E-state index contributed by atoms with van der Waals surface area (Å²) in [6.07, 6.45) is 3.06. The van der Waals surface area contributed by atoms with Crippen LogP contribution in [0.25, 0.3) is 11.5 Å². The van der Waals surface area contributed by atoms with Crippen molar-refractivity contribution in [3.8, 4) is 11.5 Å². The topological polar surface area (TPSA) is 50.7 Å². The van der Waals surface area contributed by atoms with Gasteiger partial charge in [-0.15, -0.1) is 0 Å². The first-order valence-corrected chi connectivity index (χ1v) is 5.90. The zero-order valence-electron chi connectivity index (χ0n) is 10.4. The van der Waals surface area contributed by atoms with Crippen molar-refractivity contribution in [2.75, 3.05) is 12.4 Å². The maximum atomic E-state index is 12.8. The third kappa shape index (κ3) is 2.80. The number of aryl methyl sites for hydroxylation is 1. The first kappa shape index (κ1) is 12.4. The van der Waals surface area contributed by atoms with Crippen molar-refractivity contribution in [1.82, 2.24) is 15.0 Å². The van der Waals surface area contributed by atoms with Gasteiger partial charge < -0.3 is 5.32 Å². The summed E-state index contributed by atoms with van der Waals surface area (Å²) in [4.78, 5) is 12.8. The van der Waals surface area contributed by atoms with Gasteiger partial charge in [-0.2, -0.15) is 0 Å². The Balaban J connectivity index is 2.42. The molecule has 5 heteroatoms. The van der Waals surface area contributed by atoms with Crippen LogP contribution in [0, 0.1) is 5.82 Å². The number of rotatable bonds is 4. The summed E-state index contributed by atoms with van der Waals surface area (Å²) in [6.45, 7) is 2.09. The molecule has 1 N–H and O–H groups in total. The van der Waals surface area contributed by atoms with Crippen LogP contribution in [0.4, 0.5) is 10.2 Å². The monoisotopic (exact) mass is 246 g/mol. The number of aromatic nitrogens is 3. The molecule has 0 aromatic carbocycles. The Bertz CT molecular complexity index is 525. The SMILES string of the molecule is CCCc1cc(NC)nc(-c2ccc(F)cn2)n1. The fraction of sp³-hybridized carbons (Fsp3) is 0.308. The Kier molecular flexibility index (Phi) is 3.82. The van der Waals surface area contributed by atoms with Crippen LogP contribution in [0.3, 0.4) is 0 Å². The van der Waals surface area contributed by atoms with Crippen LogP contribution >= 0.6 is 0 Å². The molecule has 94 valence electrons. The van der Waals surface area contributed by atoms with E-state index >= 15 is 0 Å². The minimum atomic E-state index is -0.364. The summed E-state index contributed by atoms with van der Waals surface area (Å²) in [6, 6.07) is 4.85. The van der Waals surface area contributed by atoms with Gasteiger partial charge in [0.05, 0.1) is 6.20 Å². The summed E-state index contributed by atoms with van der Waals surface area (Å²) in [5.41, 5.74) is 1.53. The fourth-order valence-corrected chi connectivity index (χ4v) is 1.63. The average molecular weight is 246 g/mol. The maximum absolute atomic E-state index is 12.8. The second kappa shape index (κ2) is 5.53. The molecule has 0 amide bonds. The molecule has 0 spiro atoms. The molecule has 0 aliphatic heterocycles. The molecule has 2 rings (SSSR count). The summed E-state index contributed by atoms with van der Waals surface area (Å²) in [5.74, 6) is 0.900. The van der Waals surface area contributed by atoms with Gasteiger partial charge in [-0.25, -0.2) is 19.3 Å². The van der Waals surface area contributed by atoms with E-state index in [0.29, 0.717) is 11.5 Å². The van der Waals surface area contributed by atoms with Crippen molar-refractivity contribution in [1.29, 1.82) is 0 Å². The Morgan fingerprint density at radius 2 is 2.11 bits per heavy atom. The van der Waals surface area contributed by atoms with Crippen molar-refractivity contribution >= 4 is 5.82 Å². The standard InChI is InChI=1S/C13H15FN4/c1-3-4-10-7-12(15-2)18-13(17-10)11-6-5-9(14)8-16-11/h5-8H,3-4H2,1-2H3,(H,15,17,18). The van der Waals surface area contributed by atoms with Gasteiger partial charge >= 0.3 is 0 Å². The second-order valence-corrected chi connectivity index (χ2v) is 3.93. The molecule has 0 unspecified atom stereocenters. The van der Waals surface area contributed by atoms with Crippen LogP contribution in [0.1, 0.15) is 19.0 Å². The van der Waals surface area contributed by atoms with Crippen molar-refractivity contribution < 1.29 is 4.39 Å². The number of anilines is 1. The maximum Gasteiger partial charge on any atom is 0.180 e. The Morgan fingerprint density at radius 1 is 1.28 bits per heavy atom. The number of halogens is 1. The lowest BCUT2D eigenvalue weighted by Crippen LogP contribution is -2.01. The predicted octanol–water partition coefficient (Wildman–Crippen LogP) is 2.67. The molecular formula is C13H15FN4. The van der Waals surface area contributed by atoms with Gasteiger partial charge in [-0.3, -0.25) is 0 Å². The Labute approximate surface area is 105 Å². The van der Waals surface area contributed by atoms with E-state index in [2.05, 4.69) is 27.2 Å². The molecule has 18 heavy (non-hydrogen) atoms. The number of nitrogens with one attached hydrogen (secondary N) is 1. The van der Waals surface area contributed by atoms with Crippen molar-refractivity contribution in [3.05, 3.63) is 35.9 Å². The normalized spacial score (nSPS) is 10.4. The van der Waals surface area contributed by atoms with E-state index in [1.165, 1.54) is 12.3 Å². The number of nitrogens with zero attached hydrogens (tertiary/aromatic N) is 3. The summed E-state index contributed by atoms with van der Waals surface area (Å²) < 4.78 is 12.8. The molecule has 0 saturated heterocycles. The van der Waals surface area contributed by atoms with E-state index in [9.17, 15) is 4.39 Å². The van der Waals surface area contributed by atoms with E-state index in [1.54, 1.807) is 13.1 Å². The van der Waals surface area contributed by atoms with Crippen LogP contribution in [-0.4, -0.2) is 22.0 Å². The molecule has 0 fully saturated rings. The van der Waals surface area contributed by atoms with E-state index < -0.39 is 0 Å². The van der Waals surface area contributed by atoms with Gasteiger partial charge in [0.25, 0.3) is 0 Å². The highest BCUT2D eigenvalue weighted by atomic mass is 19.1. The first-order valence-electron chi connectivity index (χ1n) is 5.90. The minimum Gasteiger partial charge on any atom is -0.373 e. The van der Waals surface area contributed by atoms with Crippen molar-refractivity contribution in [2.45, 2.75) is 19.8 Å². The Hall–Kier alpha value is -2.04. The van der Waals surface area contributed by atoms with Gasteiger partial charge in [0.15, 0.2) is 5.82 Å². The lowest BCUT2D eigenvalue weighted by molar-refractivity contribution is 0.621. The number of hydrogen-bond acceptors (Lipinski definition) is 4. The molecule has 0 aliphatic carbocycles. The molecule has 0 saturated carbocycles. The molecular weight excluding hydrogens is 231 g/mol. The van der Waals surface area contributed by atoms with Crippen LogP contribution in [-0.2, 0) is 6.42 Å². The predicted molar refractivity (Wildman–Crippen MR) is 68.8 cm³/mol. The minimum absolute atomic E-state index is 0.364. The highest BCUT2D eigenvalue weighted by molar-refractivity contribution is 5.52. The first-order chi connectivity index (χ1) is 8.72. The Morgan fingerprint density at radius 3 is 2.72 bits per heavy atom. The largest absolute Gasteiger partial charge is 0.373 e. The fourth-order valence-electron chi connectivity index (χ4n) is 1.63. The summed E-state index contributed by atoms with van der Waals surface area (Å²) in [7, 11) is 1.81. The summed E-state index contributed by atoms with van der Waals surface area (Å²) >= 11 is 0. The molecule has 0 atom stereocenters. The second-order valence-electron chi connectivity index (χ2n) is 3.93. The smallest absolute Gasteiger partial charge is 0.180 e. The van der Waals surface area contributed by atoms with E-state index in [1.807, 2.05) is 6.07 Å². The number of hydrogen-bond donors (Lipinski definition) is 1. The van der Waals surface area contributed by atoms with Gasteiger partial charge in [0.2, 0.25) is 0 Å². The lowest BCUT2D eigenvalue weighted by atomic mass is 10.2. The van der Waals surface area contributed by atoms with Crippen molar-refractivity contribution in [3.63, 3.8) is 0 Å². The molecule has 2 heterocycles. The highest BCUT2D eigenvalue weighted by Crippen LogP contribution is 2.16. The summed E-state index contributed by atoms with van der Waals surface area (Å²) in [5, 5.41) is 2.99. The third-order valence-corrected chi connectivity index (χ3v) is 2.50. The molecule has 0 radical (unpaired) electrons. The molecule has 2 aromatic rings. The van der Waals surface area contributed by atoms with Gasteiger partial charge in [0, 0.05) is 18.8 Å². The van der Waals surface area contributed by atoms with Crippen LogP contribution < -0.4 is 5.32 Å². The molecule has 0 bridgehead atoms. The zero-order chi connectivity index (χ0) is 13.0. The van der Waals surface area contributed by atoms with E-state index in [4.69, 9.17) is 0 Å². The van der Waals surface area contributed by atoms with Gasteiger partial charge in [-0.05, 0) is 18.6 Å². The zero-order valence-corrected chi connectivity index (χ0v) is 10.4. The van der Waals surface area contributed by atoms with E-state index in [-0.39, 0.29) is 5.82 Å². The molecule has 4 nitrogen and oxygen atoms in total. The van der Waals surface area contributed by atoms with Gasteiger partial charge in [-0.1, -0.05) is 13.3 Å². The van der Waals surface area contributed by atoms with E-state index in [0.717, 1.165) is 24.4 Å². The van der Waals surface area contributed by atoms with Gasteiger partial charge in [0.1, 0.15) is 17.3 Å². The number of pyridine rings is 1. The van der Waals surface area contributed by atoms with Crippen LogP contribution in [0.5, 0.6) is 0 Å². The quantitative estimate of drug-likeness (QED) is 0.901. The average Bonchev–Trinajstić information content (AvgIpc) is 2.39. The van der Waals surface area contributed by atoms with Crippen molar-refractivity contribution in [2.24, 2.45) is 0 Å².